The molecular weight excluding hydrogens is 272 g/mol. The van der Waals surface area contributed by atoms with Gasteiger partial charge in [-0.3, -0.25) is 9.36 Å². The third-order valence-electron chi connectivity index (χ3n) is 3.51. The molecule has 112 valence electrons. The monoisotopic (exact) mass is 290 g/mol. The lowest BCUT2D eigenvalue weighted by Gasteiger charge is -2.09. The highest BCUT2D eigenvalue weighted by molar-refractivity contribution is 5.72. The van der Waals surface area contributed by atoms with Crippen LogP contribution in [-0.2, 0) is 17.9 Å². The Morgan fingerprint density at radius 2 is 2.19 bits per heavy atom. The first-order valence-electron chi connectivity index (χ1n) is 7.06. The van der Waals surface area contributed by atoms with E-state index in [0.29, 0.717) is 22.8 Å². The molecule has 0 radical (unpaired) electrons. The number of ether oxygens (including phenoxy) is 1. The van der Waals surface area contributed by atoms with Crippen molar-refractivity contribution in [3.63, 3.8) is 0 Å². The van der Waals surface area contributed by atoms with Crippen molar-refractivity contribution < 1.29 is 4.74 Å². The SMILES string of the molecule is CCCCCn1c2nc[nH]c2c(=O)n2c(COC)nnc12. The van der Waals surface area contributed by atoms with Gasteiger partial charge in [0.2, 0.25) is 5.78 Å². The van der Waals surface area contributed by atoms with Crippen LogP contribution in [0.2, 0.25) is 0 Å². The molecule has 8 nitrogen and oxygen atoms in total. The maximum absolute atomic E-state index is 12.5. The maximum atomic E-state index is 12.5. The smallest absolute Gasteiger partial charge is 0.286 e. The standard InChI is InChI=1S/C13H18N6O2/c1-3-4-5-6-18-11-10(14-8-15-11)12(20)19-9(7-21-2)16-17-13(18)19/h8H,3-7H2,1-2H3,(H,14,15). The van der Waals surface area contributed by atoms with Crippen LogP contribution in [0.15, 0.2) is 11.1 Å². The molecule has 3 aromatic rings. The van der Waals surface area contributed by atoms with Crippen LogP contribution in [-0.4, -0.2) is 36.2 Å². The molecule has 8 heteroatoms. The third-order valence-corrected chi connectivity index (χ3v) is 3.51. The summed E-state index contributed by atoms with van der Waals surface area (Å²) in [7, 11) is 1.57. The minimum Gasteiger partial charge on any atom is -0.377 e. The highest BCUT2D eigenvalue weighted by atomic mass is 16.5. The minimum atomic E-state index is -0.193. The Balaban J connectivity index is 2.23. The lowest BCUT2D eigenvalue weighted by Crippen LogP contribution is -2.21. The zero-order valence-corrected chi connectivity index (χ0v) is 12.2. The van der Waals surface area contributed by atoms with Crippen molar-refractivity contribution in [1.82, 2.24) is 29.1 Å². The van der Waals surface area contributed by atoms with Crippen molar-refractivity contribution in [2.45, 2.75) is 39.3 Å². The van der Waals surface area contributed by atoms with Crippen LogP contribution >= 0.6 is 0 Å². The van der Waals surface area contributed by atoms with Crippen molar-refractivity contribution in [3.05, 3.63) is 22.5 Å². The predicted octanol–water partition coefficient (Wildman–Crippen LogP) is 1.10. The predicted molar refractivity (Wildman–Crippen MR) is 77.1 cm³/mol. The van der Waals surface area contributed by atoms with E-state index in [-0.39, 0.29) is 12.2 Å². The number of methoxy groups -OCH3 is 1. The quantitative estimate of drug-likeness (QED) is 0.687. The Kier molecular flexibility index (Phi) is 3.70. The molecule has 0 aliphatic carbocycles. The number of rotatable bonds is 6. The van der Waals surface area contributed by atoms with Crippen LogP contribution < -0.4 is 5.56 Å². The second kappa shape index (κ2) is 5.65. The largest absolute Gasteiger partial charge is 0.377 e. The van der Waals surface area contributed by atoms with Gasteiger partial charge in [-0.15, -0.1) is 10.2 Å². The van der Waals surface area contributed by atoms with Crippen molar-refractivity contribution >= 4 is 16.9 Å². The van der Waals surface area contributed by atoms with Gasteiger partial charge < -0.3 is 9.72 Å². The van der Waals surface area contributed by atoms with Gasteiger partial charge in [-0.1, -0.05) is 19.8 Å². The first-order valence-corrected chi connectivity index (χ1v) is 7.06. The lowest BCUT2D eigenvalue weighted by atomic mass is 10.2. The molecule has 1 N–H and O–H groups in total. The molecule has 0 aliphatic rings. The van der Waals surface area contributed by atoms with E-state index >= 15 is 0 Å². The van der Waals surface area contributed by atoms with Gasteiger partial charge >= 0.3 is 0 Å². The zero-order valence-electron chi connectivity index (χ0n) is 12.2. The first kappa shape index (κ1) is 13.7. The number of unbranched alkanes of at least 4 members (excludes halogenated alkanes) is 2. The van der Waals surface area contributed by atoms with E-state index < -0.39 is 0 Å². The van der Waals surface area contributed by atoms with Crippen molar-refractivity contribution in [2.75, 3.05) is 7.11 Å². The molecule has 0 aromatic carbocycles. The highest BCUT2D eigenvalue weighted by Crippen LogP contribution is 2.12. The lowest BCUT2D eigenvalue weighted by molar-refractivity contribution is 0.176. The number of aromatic nitrogens is 6. The van der Waals surface area contributed by atoms with Gasteiger partial charge in [0.1, 0.15) is 12.1 Å². The number of hydrogen-bond donors (Lipinski definition) is 1. The van der Waals surface area contributed by atoms with Gasteiger partial charge in [-0.25, -0.2) is 9.38 Å². The summed E-state index contributed by atoms with van der Waals surface area (Å²) in [5.74, 6) is 1.01. The topological polar surface area (TPSA) is 90.1 Å². The number of fused-ring (bicyclic) bond motifs is 2. The highest BCUT2D eigenvalue weighted by Gasteiger charge is 2.17. The number of aromatic amines is 1. The van der Waals surface area contributed by atoms with Crippen LogP contribution in [0.3, 0.4) is 0 Å². The summed E-state index contributed by atoms with van der Waals surface area (Å²) in [5, 5.41) is 8.21. The summed E-state index contributed by atoms with van der Waals surface area (Å²) in [6, 6.07) is 0. The van der Waals surface area contributed by atoms with E-state index in [9.17, 15) is 4.79 Å². The van der Waals surface area contributed by atoms with Crippen molar-refractivity contribution in [1.29, 1.82) is 0 Å². The van der Waals surface area contributed by atoms with E-state index in [0.717, 1.165) is 25.8 Å². The zero-order chi connectivity index (χ0) is 14.8. The summed E-state index contributed by atoms with van der Waals surface area (Å²) in [4.78, 5) is 19.7. The number of aryl methyl sites for hydroxylation is 1. The molecule has 3 aromatic heterocycles. The summed E-state index contributed by atoms with van der Waals surface area (Å²) >= 11 is 0. The van der Waals surface area contributed by atoms with Gasteiger partial charge in [0.05, 0.1) is 6.33 Å². The second-order valence-corrected chi connectivity index (χ2v) is 4.95. The van der Waals surface area contributed by atoms with Crippen LogP contribution in [0.5, 0.6) is 0 Å². The number of H-pyrrole nitrogens is 1. The Bertz CT molecular complexity index is 815. The average molecular weight is 290 g/mol. The normalized spacial score (nSPS) is 11.7. The van der Waals surface area contributed by atoms with Crippen LogP contribution in [0.4, 0.5) is 0 Å². The van der Waals surface area contributed by atoms with Gasteiger partial charge in [0.25, 0.3) is 5.56 Å². The van der Waals surface area contributed by atoms with Crippen LogP contribution in [0.1, 0.15) is 32.0 Å². The van der Waals surface area contributed by atoms with Gasteiger partial charge in [0, 0.05) is 13.7 Å². The fraction of sp³-hybridized carbons (Fsp3) is 0.538. The van der Waals surface area contributed by atoms with E-state index in [1.54, 1.807) is 7.11 Å². The summed E-state index contributed by atoms with van der Waals surface area (Å²) in [6.45, 7) is 3.15. The first-order chi connectivity index (χ1) is 10.3. The average Bonchev–Trinajstić information content (AvgIpc) is 3.10. The molecule has 3 rings (SSSR count). The van der Waals surface area contributed by atoms with Crippen LogP contribution in [0, 0.1) is 0 Å². The Morgan fingerprint density at radius 1 is 1.33 bits per heavy atom. The molecular formula is C13H18N6O2. The Morgan fingerprint density at radius 3 is 2.95 bits per heavy atom. The van der Waals surface area contributed by atoms with Crippen LogP contribution in [0.25, 0.3) is 16.9 Å². The van der Waals surface area contributed by atoms with Gasteiger partial charge in [-0.2, -0.15) is 0 Å². The maximum Gasteiger partial charge on any atom is 0.286 e. The van der Waals surface area contributed by atoms with E-state index in [2.05, 4.69) is 27.1 Å². The number of imidazole rings is 1. The minimum absolute atomic E-state index is 0.193. The molecule has 0 atom stereocenters. The van der Waals surface area contributed by atoms with E-state index in [1.807, 2.05) is 4.57 Å². The summed E-state index contributed by atoms with van der Waals surface area (Å²) in [6.07, 6.45) is 4.78. The number of nitrogens with zero attached hydrogens (tertiary/aromatic N) is 5. The Labute approximate surface area is 120 Å². The molecule has 0 saturated carbocycles. The van der Waals surface area contributed by atoms with E-state index in [1.165, 1.54) is 10.7 Å². The summed E-state index contributed by atoms with van der Waals surface area (Å²) in [5.41, 5.74) is 0.900. The molecule has 0 saturated heterocycles. The third kappa shape index (κ3) is 2.21. The molecule has 21 heavy (non-hydrogen) atoms. The number of hydrogen-bond acceptors (Lipinski definition) is 5. The molecule has 0 fully saturated rings. The van der Waals surface area contributed by atoms with Gasteiger partial charge in [0.15, 0.2) is 11.5 Å². The molecule has 0 bridgehead atoms. The fourth-order valence-electron chi connectivity index (χ4n) is 2.49. The van der Waals surface area contributed by atoms with Gasteiger partial charge in [-0.05, 0) is 6.42 Å². The molecule has 3 heterocycles. The van der Waals surface area contributed by atoms with Crippen molar-refractivity contribution in [3.8, 4) is 0 Å². The second-order valence-electron chi connectivity index (χ2n) is 4.95. The molecule has 0 spiro atoms. The Hall–Kier alpha value is -2.22. The molecule has 0 aliphatic heterocycles. The summed E-state index contributed by atoms with van der Waals surface area (Å²) < 4.78 is 8.52. The number of nitrogens with one attached hydrogen (secondary N) is 1. The van der Waals surface area contributed by atoms with Crippen molar-refractivity contribution in [2.24, 2.45) is 0 Å². The molecule has 0 unspecified atom stereocenters. The fourth-order valence-corrected chi connectivity index (χ4v) is 2.49. The van der Waals surface area contributed by atoms with E-state index in [4.69, 9.17) is 4.74 Å². The molecule has 0 amide bonds.